The zero-order chi connectivity index (χ0) is 26.6. The van der Waals surface area contributed by atoms with Gasteiger partial charge in [-0.1, -0.05) is 65.9 Å². The Morgan fingerprint density at radius 2 is 1.71 bits per heavy atom. The molecule has 190 valence electrons. The highest BCUT2D eigenvalue weighted by Gasteiger charge is 2.44. The number of aromatic nitrogens is 1. The van der Waals surface area contributed by atoms with Crippen molar-refractivity contribution in [3.05, 3.63) is 136 Å². The maximum atomic E-state index is 13.8. The first-order chi connectivity index (χ1) is 18.4. The summed E-state index contributed by atoms with van der Waals surface area (Å²) < 4.78 is 5.94. The molecule has 1 unspecified atom stereocenters. The molecule has 1 aromatic heterocycles. The van der Waals surface area contributed by atoms with E-state index in [0.717, 1.165) is 16.7 Å². The second-order valence-corrected chi connectivity index (χ2v) is 9.56. The second kappa shape index (κ2) is 10.9. The van der Waals surface area contributed by atoms with Crippen LogP contribution in [-0.2, 0) is 22.7 Å². The van der Waals surface area contributed by atoms with Crippen LogP contribution in [0.5, 0.6) is 5.75 Å². The average molecular weight is 525 g/mol. The van der Waals surface area contributed by atoms with Crippen LogP contribution in [0.4, 0.5) is 0 Å². The number of benzene rings is 3. The van der Waals surface area contributed by atoms with Crippen molar-refractivity contribution >= 4 is 29.1 Å². The number of rotatable bonds is 7. The highest BCUT2D eigenvalue weighted by molar-refractivity contribution is 6.46. The van der Waals surface area contributed by atoms with Gasteiger partial charge in [-0.05, 0) is 59.5 Å². The third-order valence-corrected chi connectivity index (χ3v) is 6.77. The smallest absolute Gasteiger partial charge is 0.295 e. The van der Waals surface area contributed by atoms with Crippen LogP contribution in [0.15, 0.2) is 103 Å². The number of ketones is 1. The molecule has 2 heterocycles. The Bertz CT molecular complexity index is 1500. The maximum Gasteiger partial charge on any atom is 0.295 e. The molecule has 1 aliphatic rings. The molecule has 1 aliphatic heterocycles. The molecular weight excluding hydrogens is 500 g/mol. The summed E-state index contributed by atoms with van der Waals surface area (Å²) in [5.74, 6) is -1.35. The van der Waals surface area contributed by atoms with E-state index in [1.54, 1.807) is 54.9 Å². The lowest BCUT2D eigenvalue weighted by Crippen LogP contribution is -2.29. The Labute approximate surface area is 225 Å². The number of aryl methyl sites for hydroxylation is 1. The lowest BCUT2D eigenvalue weighted by atomic mass is 9.94. The number of pyridine rings is 1. The van der Waals surface area contributed by atoms with E-state index in [-0.39, 0.29) is 12.1 Å². The number of aromatic amines is 1. The van der Waals surface area contributed by atoms with Gasteiger partial charge in [-0.3, -0.25) is 9.59 Å². The molecule has 6 nitrogen and oxygen atoms in total. The number of H-pyrrole nitrogens is 1. The molecule has 0 radical (unpaired) electrons. The first kappa shape index (κ1) is 25.2. The number of hydrogen-bond acceptors (Lipinski definition) is 4. The fourth-order valence-electron chi connectivity index (χ4n) is 4.59. The number of nitrogens with one attached hydrogen (secondary N) is 1. The molecule has 1 amide bonds. The normalized spacial score (nSPS) is 16.6. The number of carbonyl (C=O) groups is 2. The third kappa shape index (κ3) is 5.17. The predicted molar refractivity (Wildman–Crippen MR) is 142 cm³/mol. The van der Waals surface area contributed by atoms with Gasteiger partial charge in [0, 0.05) is 22.2 Å². The van der Waals surface area contributed by atoms with Crippen molar-refractivity contribution in [1.82, 2.24) is 4.90 Å². The monoisotopic (exact) mass is 524 g/mol. The van der Waals surface area contributed by atoms with Gasteiger partial charge in [0.15, 0.2) is 12.4 Å². The van der Waals surface area contributed by atoms with E-state index in [4.69, 9.17) is 16.3 Å². The lowest BCUT2D eigenvalue weighted by molar-refractivity contribution is -0.378. The molecule has 38 heavy (non-hydrogen) atoms. The molecule has 3 aromatic carbocycles. The quantitative estimate of drug-likeness (QED) is 0.203. The van der Waals surface area contributed by atoms with Crippen LogP contribution in [0.2, 0.25) is 5.02 Å². The Kier molecular flexibility index (Phi) is 7.24. The molecule has 0 saturated carbocycles. The molecule has 1 fully saturated rings. The summed E-state index contributed by atoms with van der Waals surface area (Å²) in [6.07, 6.45) is 3.52. The van der Waals surface area contributed by atoms with E-state index in [2.05, 4.69) is 4.98 Å². The van der Waals surface area contributed by atoms with E-state index < -0.39 is 23.5 Å². The Balaban J connectivity index is 1.51. The fourth-order valence-corrected chi connectivity index (χ4v) is 4.72. The van der Waals surface area contributed by atoms with Gasteiger partial charge >= 0.3 is 0 Å². The summed E-state index contributed by atoms with van der Waals surface area (Å²) in [6, 6.07) is 24.5. The van der Waals surface area contributed by atoms with Crippen molar-refractivity contribution in [3.63, 3.8) is 0 Å². The molecule has 1 saturated heterocycles. The summed E-state index contributed by atoms with van der Waals surface area (Å²) in [7, 11) is 0. The van der Waals surface area contributed by atoms with Gasteiger partial charge < -0.3 is 14.7 Å². The van der Waals surface area contributed by atoms with Gasteiger partial charge in [0.1, 0.15) is 12.4 Å². The molecule has 0 aliphatic carbocycles. The van der Waals surface area contributed by atoms with Crippen LogP contribution < -0.4 is 14.8 Å². The van der Waals surface area contributed by atoms with Crippen LogP contribution in [-0.4, -0.2) is 16.6 Å². The van der Waals surface area contributed by atoms with Gasteiger partial charge in [0.05, 0.1) is 12.6 Å². The topological polar surface area (TPSA) is 83.8 Å². The Morgan fingerprint density at radius 1 is 0.974 bits per heavy atom. The summed E-state index contributed by atoms with van der Waals surface area (Å²) in [6.45, 7) is 2.40. The fraction of sp³-hybridized carbons (Fsp3) is 0.129. The number of Topliss-reactive ketones (excluding diaryl/α,β-unsaturated/α-hetero) is 1. The number of amides is 1. The minimum Gasteiger partial charge on any atom is -0.872 e. The number of ether oxygens (including phenoxy) is 1. The molecular formula is C31H25ClN2O4. The largest absolute Gasteiger partial charge is 0.872 e. The van der Waals surface area contributed by atoms with E-state index in [9.17, 15) is 14.7 Å². The summed E-state index contributed by atoms with van der Waals surface area (Å²) in [5, 5.41) is 14.3. The van der Waals surface area contributed by atoms with E-state index >= 15 is 0 Å². The highest BCUT2D eigenvalue weighted by atomic mass is 35.5. The van der Waals surface area contributed by atoms with Crippen LogP contribution in [0.3, 0.4) is 0 Å². The van der Waals surface area contributed by atoms with Gasteiger partial charge in [0.2, 0.25) is 5.78 Å². The van der Waals surface area contributed by atoms with Crippen molar-refractivity contribution in [3.8, 4) is 5.75 Å². The lowest BCUT2D eigenvalue weighted by Gasteiger charge is -2.27. The summed E-state index contributed by atoms with van der Waals surface area (Å²) >= 11 is 6.10. The average Bonchev–Trinajstić information content (AvgIpc) is 3.18. The summed E-state index contributed by atoms with van der Waals surface area (Å²) in [5.41, 5.74) is 3.46. The first-order valence-corrected chi connectivity index (χ1v) is 12.5. The van der Waals surface area contributed by atoms with Crippen LogP contribution in [0.25, 0.3) is 5.76 Å². The molecule has 1 N–H and O–H groups in total. The van der Waals surface area contributed by atoms with Crippen molar-refractivity contribution in [2.45, 2.75) is 26.1 Å². The van der Waals surface area contributed by atoms with E-state index in [1.807, 2.05) is 49.4 Å². The van der Waals surface area contributed by atoms with Crippen molar-refractivity contribution in [1.29, 1.82) is 0 Å². The van der Waals surface area contributed by atoms with Crippen molar-refractivity contribution in [2.24, 2.45) is 0 Å². The Morgan fingerprint density at radius 3 is 2.39 bits per heavy atom. The Hall–Kier alpha value is -4.42. The second-order valence-electron chi connectivity index (χ2n) is 9.13. The van der Waals surface area contributed by atoms with Gasteiger partial charge in [0.25, 0.3) is 5.91 Å². The standard InChI is InChI=1S/C31H25ClN2O4/c1-20-16-24(11-14-26(20)38-19-21-6-3-2-4-7-21)29(35)27-28(23-9-12-25(32)13-10-23)34(31(37)30(27)36)18-22-8-5-15-33-17-22/h2-17,28,35H,18-19H2,1H3/b29-27+. The summed E-state index contributed by atoms with van der Waals surface area (Å²) in [4.78, 5) is 30.9. The molecule has 4 aromatic rings. The molecule has 1 atom stereocenters. The van der Waals surface area contributed by atoms with E-state index in [0.29, 0.717) is 28.5 Å². The zero-order valence-electron chi connectivity index (χ0n) is 20.7. The molecule has 7 heteroatoms. The minimum atomic E-state index is -0.839. The third-order valence-electron chi connectivity index (χ3n) is 6.51. The van der Waals surface area contributed by atoms with Gasteiger partial charge in [-0.2, -0.15) is 0 Å². The first-order valence-electron chi connectivity index (χ1n) is 12.2. The highest BCUT2D eigenvalue weighted by Crippen LogP contribution is 2.40. The van der Waals surface area contributed by atoms with Gasteiger partial charge in [-0.25, -0.2) is 4.98 Å². The van der Waals surface area contributed by atoms with Crippen LogP contribution in [0.1, 0.15) is 33.9 Å². The molecule has 0 bridgehead atoms. The van der Waals surface area contributed by atoms with Crippen LogP contribution >= 0.6 is 11.6 Å². The number of hydrogen-bond donors (Lipinski definition) is 0. The number of carbonyl (C=O) groups excluding carboxylic acids is 2. The SMILES string of the molecule is Cc1cc(/C([O-])=C2\C(=O)C(=O)N(Cc3ccc[nH+]c3)C2c2ccc(Cl)cc2)ccc1OCc1ccccc1. The van der Waals surface area contributed by atoms with Gasteiger partial charge in [-0.15, -0.1) is 0 Å². The number of nitrogens with zero attached hydrogens (tertiary/aromatic N) is 1. The van der Waals surface area contributed by atoms with E-state index in [1.165, 1.54) is 4.90 Å². The number of likely N-dealkylation sites (tertiary alicyclic amines) is 1. The molecule has 5 rings (SSSR count). The molecule has 0 spiro atoms. The van der Waals surface area contributed by atoms with Crippen molar-refractivity contribution in [2.75, 3.05) is 0 Å². The number of halogens is 1. The predicted octanol–water partition coefficient (Wildman–Crippen LogP) is 4.47. The zero-order valence-corrected chi connectivity index (χ0v) is 21.4. The maximum absolute atomic E-state index is 13.8. The minimum absolute atomic E-state index is 0.0745. The van der Waals surface area contributed by atoms with Crippen molar-refractivity contribution < 1.29 is 24.4 Å². The van der Waals surface area contributed by atoms with Crippen LogP contribution in [0, 0.1) is 6.92 Å².